The Morgan fingerprint density at radius 2 is 1.84 bits per heavy atom. The lowest BCUT2D eigenvalue weighted by molar-refractivity contribution is -0.130. The molecule has 6 heteroatoms. The van der Waals surface area contributed by atoms with Gasteiger partial charge in [-0.15, -0.1) is 11.8 Å². The van der Waals surface area contributed by atoms with Crippen LogP contribution in [0, 0.1) is 11.3 Å². The van der Waals surface area contributed by atoms with Gasteiger partial charge in [-0.2, -0.15) is 5.26 Å². The van der Waals surface area contributed by atoms with Gasteiger partial charge in [-0.05, 0) is 17.7 Å². The second kappa shape index (κ2) is 8.59. The molecule has 1 atom stereocenters. The van der Waals surface area contributed by atoms with Gasteiger partial charge in [-0.25, -0.2) is 0 Å². The van der Waals surface area contributed by atoms with E-state index in [2.05, 4.69) is 31.7 Å². The van der Waals surface area contributed by atoms with Crippen LogP contribution in [0.1, 0.15) is 32.4 Å². The van der Waals surface area contributed by atoms with Crippen LogP contribution in [0.3, 0.4) is 0 Å². The maximum absolute atomic E-state index is 12.3. The molecule has 0 bridgehead atoms. The second-order valence-corrected chi connectivity index (χ2v) is 8.92. The highest BCUT2D eigenvalue weighted by molar-refractivity contribution is 8.01. The molecule has 0 spiro atoms. The minimum absolute atomic E-state index is 0.0950. The SMILES string of the molecule is COc1ccc(C(C#N)N2CCN(C(=O)CSC(C)(C)C)CC2)cc1. The molecule has 1 heterocycles. The number of piperazine rings is 1. The molecule has 0 aromatic heterocycles. The van der Waals surface area contributed by atoms with Crippen molar-refractivity contribution in [3.63, 3.8) is 0 Å². The monoisotopic (exact) mass is 361 g/mol. The van der Waals surface area contributed by atoms with Crippen LogP contribution in [0.4, 0.5) is 0 Å². The molecule has 1 fully saturated rings. The highest BCUT2D eigenvalue weighted by atomic mass is 32.2. The number of carbonyl (C=O) groups is 1. The molecule has 2 rings (SSSR count). The van der Waals surface area contributed by atoms with E-state index in [1.807, 2.05) is 29.2 Å². The van der Waals surface area contributed by atoms with Crippen LogP contribution < -0.4 is 4.74 Å². The zero-order valence-electron chi connectivity index (χ0n) is 15.5. The summed E-state index contributed by atoms with van der Waals surface area (Å²) in [4.78, 5) is 16.4. The molecule has 0 N–H and O–H groups in total. The van der Waals surface area contributed by atoms with Crippen LogP contribution in [0.15, 0.2) is 24.3 Å². The summed E-state index contributed by atoms with van der Waals surface area (Å²) in [6, 6.07) is 9.73. The lowest BCUT2D eigenvalue weighted by Crippen LogP contribution is -2.50. The van der Waals surface area contributed by atoms with Crippen molar-refractivity contribution in [2.24, 2.45) is 0 Å². The molecule has 1 aromatic rings. The summed E-state index contributed by atoms with van der Waals surface area (Å²) < 4.78 is 5.27. The van der Waals surface area contributed by atoms with E-state index in [-0.39, 0.29) is 16.7 Å². The van der Waals surface area contributed by atoms with Crippen LogP contribution in [0.25, 0.3) is 0 Å². The van der Waals surface area contributed by atoms with Gasteiger partial charge in [-0.1, -0.05) is 32.9 Å². The molecule has 1 unspecified atom stereocenters. The number of amides is 1. The summed E-state index contributed by atoms with van der Waals surface area (Å²) in [5.41, 5.74) is 0.964. The predicted molar refractivity (Wildman–Crippen MR) is 102 cm³/mol. The zero-order chi connectivity index (χ0) is 18.4. The third-order valence-corrected chi connectivity index (χ3v) is 5.47. The van der Waals surface area contributed by atoms with Crippen LogP contribution in [-0.2, 0) is 4.79 Å². The van der Waals surface area contributed by atoms with Crippen molar-refractivity contribution in [2.75, 3.05) is 39.0 Å². The number of thioether (sulfide) groups is 1. The summed E-state index contributed by atoms with van der Waals surface area (Å²) in [6.45, 7) is 9.15. The molecule has 1 amide bonds. The lowest BCUT2D eigenvalue weighted by Gasteiger charge is -2.37. The molecular weight excluding hydrogens is 334 g/mol. The van der Waals surface area contributed by atoms with Gasteiger partial charge in [0.15, 0.2) is 0 Å². The van der Waals surface area contributed by atoms with Crippen molar-refractivity contribution in [1.29, 1.82) is 5.26 Å². The van der Waals surface area contributed by atoms with E-state index in [1.165, 1.54) is 0 Å². The number of hydrogen-bond donors (Lipinski definition) is 0. The third kappa shape index (κ3) is 5.65. The molecule has 1 aliphatic rings. The van der Waals surface area contributed by atoms with E-state index in [0.717, 1.165) is 24.4 Å². The Bertz CT molecular complexity index is 611. The summed E-state index contributed by atoms with van der Waals surface area (Å²) in [7, 11) is 1.63. The largest absolute Gasteiger partial charge is 0.497 e. The Hall–Kier alpha value is -1.71. The fourth-order valence-electron chi connectivity index (χ4n) is 2.75. The average Bonchev–Trinajstić information content (AvgIpc) is 2.61. The molecule has 0 aliphatic carbocycles. The maximum atomic E-state index is 12.3. The molecule has 5 nitrogen and oxygen atoms in total. The van der Waals surface area contributed by atoms with Crippen molar-refractivity contribution in [3.8, 4) is 11.8 Å². The average molecular weight is 362 g/mol. The van der Waals surface area contributed by atoms with Crippen LogP contribution in [0.5, 0.6) is 5.75 Å². The van der Waals surface area contributed by atoms with E-state index in [0.29, 0.717) is 18.8 Å². The first-order chi connectivity index (χ1) is 11.8. The van der Waals surface area contributed by atoms with Gasteiger partial charge in [-0.3, -0.25) is 9.69 Å². The minimum Gasteiger partial charge on any atom is -0.497 e. The topological polar surface area (TPSA) is 56.6 Å². The molecule has 1 saturated heterocycles. The second-order valence-electron chi connectivity index (χ2n) is 7.12. The number of carbonyl (C=O) groups excluding carboxylic acids is 1. The Morgan fingerprint density at radius 1 is 1.24 bits per heavy atom. The van der Waals surface area contributed by atoms with Crippen molar-refractivity contribution in [1.82, 2.24) is 9.80 Å². The maximum Gasteiger partial charge on any atom is 0.232 e. The Morgan fingerprint density at radius 3 is 2.32 bits per heavy atom. The standard InChI is InChI=1S/C19H27N3O2S/c1-19(2,3)25-14-18(23)22-11-9-21(10-12-22)17(13-20)15-5-7-16(24-4)8-6-15/h5-8,17H,9-12,14H2,1-4H3. The number of methoxy groups -OCH3 is 1. The normalized spacial score (nSPS) is 17.0. The Balaban J connectivity index is 1.91. The molecule has 25 heavy (non-hydrogen) atoms. The quantitative estimate of drug-likeness (QED) is 0.807. The predicted octanol–water partition coefficient (Wildman–Crippen LogP) is 2.94. The number of rotatable bonds is 5. The fourth-order valence-corrected chi connectivity index (χ4v) is 3.49. The first kappa shape index (κ1) is 19.6. The van der Waals surface area contributed by atoms with Crippen molar-refractivity contribution < 1.29 is 9.53 Å². The summed E-state index contributed by atoms with van der Waals surface area (Å²) >= 11 is 1.68. The summed E-state index contributed by atoms with van der Waals surface area (Å²) in [5.74, 6) is 1.49. The Kier molecular flexibility index (Phi) is 6.74. The number of nitriles is 1. The number of ether oxygens (including phenoxy) is 1. The fraction of sp³-hybridized carbons (Fsp3) is 0.579. The first-order valence-electron chi connectivity index (χ1n) is 8.53. The van der Waals surface area contributed by atoms with Crippen molar-refractivity contribution in [2.45, 2.75) is 31.6 Å². The van der Waals surface area contributed by atoms with Gasteiger partial charge >= 0.3 is 0 Å². The van der Waals surface area contributed by atoms with E-state index < -0.39 is 0 Å². The highest BCUT2D eigenvalue weighted by Crippen LogP contribution is 2.25. The summed E-state index contributed by atoms with van der Waals surface area (Å²) in [5, 5.41) is 9.60. The molecule has 0 radical (unpaired) electrons. The molecule has 136 valence electrons. The minimum atomic E-state index is -0.285. The third-order valence-electron chi connectivity index (χ3n) is 4.21. The van der Waals surface area contributed by atoms with Gasteiger partial charge in [0.05, 0.1) is 18.9 Å². The van der Waals surface area contributed by atoms with Gasteiger partial charge < -0.3 is 9.64 Å². The number of nitrogens with zero attached hydrogens (tertiary/aromatic N) is 3. The smallest absolute Gasteiger partial charge is 0.232 e. The first-order valence-corrected chi connectivity index (χ1v) is 9.52. The zero-order valence-corrected chi connectivity index (χ0v) is 16.3. The molecular formula is C19H27N3O2S. The van der Waals surface area contributed by atoms with Crippen LogP contribution in [0.2, 0.25) is 0 Å². The van der Waals surface area contributed by atoms with Gasteiger partial charge in [0.1, 0.15) is 11.8 Å². The Labute approximate surface area is 154 Å². The van der Waals surface area contributed by atoms with E-state index in [9.17, 15) is 10.1 Å². The van der Waals surface area contributed by atoms with Gasteiger partial charge in [0.25, 0.3) is 0 Å². The van der Waals surface area contributed by atoms with E-state index in [1.54, 1.807) is 18.9 Å². The summed E-state index contributed by atoms with van der Waals surface area (Å²) in [6.07, 6.45) is 0. The van der Waals surface area contributed by atoms with E-state index in [4.69, 9.17) is 4.74 Å². The molecule has 0 saturated carbocycles. The van der Waals surface area contributed by atoms with Crippen molar-refractivity contribution >= 4 is 17.7 Å². The van der Waals surface area contributed by atoms with Gasteiger partial charge in [0.2, 0.25) is 5.91 Å². The van der Waals surface area contributed by atoms with Crippen molar-refractivity contribution in [3.05, 3.63) is 29.8 Å². The van der Waals surface area contributed by atoms with Crippen LogP contribution >= 0.6 is 11.8 Å². The lowest BCUT2D eigenvalue weighted by atomic mass is 10.1. The van der Waals surface area contributed by atoms with E-state index >= 15 is 0 Å². The van der Waals surface area contributed by atoms with Crippen LogP contribution in [-0.4, -0.2) is 59.5 Å². The highest BCUT2D eigenvalue weighted by Gasteiger charge is 2.27. The number of benzene rings is 1. The number of hydrogen-bond acceptors (Lipinski definition) is 5. The molecule has 1 aromatic carbocycles. The van der Waals surface area contributed by atoms with Gasteiger partial charge in [0, 0.05) is 30.9 Å². The molecule has 1 aliphatic heterocycles.